The summed E-state index contributed by atoms with van der Waals surface area (Å²) in [6.07, 6.45) is -0.224. The van der Waals surface area contributed by atoms with Crippen LogP contribution in [0.4, 0.5) is 34.3 Å². The minimum Gasteiger partial charge on any atom is -0.352 e. The normalized spacial score (nSPS) is 22.3. The average Bonchev–Trinajstić information content (AvgIpc) is 3.71. The van der Waals surface area contributed by atoms with E-state index < -0.39 is 29.9 Å². The predicted molar refractivity (Wildman–Crippen MR) is 134 cm³/mol. The molecule has 2 amide bonds. The first-order valence-corrected chi connectivity index (χ1v) is 13.6. The van der Waals surface area contributed by atoms with Crippen molar-refractivity contribution in [3.05, 3.63) is 34.1 Å². The first kappa shape index (κ1) is 25.8. The quantitative estimate of drug-likeness (QED) is 0.355. The van der Waals surface area contributed by atoms with E-state index in [1.807, 2.05) is 0 Å². The van der Waals surface area contributed by atoms with Gasteiger partial charge in [-0.05, 0) is 50.0 Å². The van der Waals surface area contributed by atoms with Gasteiger partial charge in [-0.25, -0.2) is 4.39 Å². The molecule has 3 N–H and O–H groups in total. The molecule has 10 nitrogen and oxygen atoms in total. The van der Waals surface area contributed by atoms with Crippen molar-refractivity contribution in [1.82, 2.24) is 29.9 Å². The van der Waals surface area contributed by atoms with Gasteiger partial charge >= 0.3 is 6.18 Å². The van der Waals surface area contributed by atoms with Crippen molar-refractivity contribution in [3.8, 4) is 0 Å². The van der Waals surface area contributed by atoms with Crippen molar-refractivity contribution in [2.24, 2.45) is 18.9 Å². The Morgan fingerprint density at radius 3 is 2.67 bits per heavy atom. The van der Waals surface area contributed by atoms with Gasteiger partial charge in [0.05, 0.1) is 11.5 Å². The molecule has 3 atom stereocenters. The molecule has 3 aromatic heterocycles. The lowest BCUT2D eigenvalue weighted by molar-refractivity contribution is -0.141. The molecule has 0 spiro atoms. The number of amides is 2. The molecule has 6 rings (SSSR count). The van der Waals surface area contributed by atoms with E-state index in [1.54, 1.807) is 4.57 Å². The van der Waals surface area contributed by atoms with Gasteiger partial charge in [-0.1, -0.05) is 0 Å². The number of alkyl halides is 4. The molecule has 208 valence electrons. The molecule has 3 heterocycles. The van der Waals surface area contributed by atoms with Crippen molar-refractivity contribution in [2.75, 3.05) is 17.2 Å². The second-order valence-corrected chi connectivity index (χ2v) is 11.4. The average molecular weight is 567 g/mol. The van der Waals surface area contributed by atoms with Gasteiger partial charge in [0.2, 0.25) is 11.9 Å². The summed E-state index contributed by atoms with van der Waals surface area (Å²) >= 11 is 1.34. The van der Waals surface area contributed by atoms with Crippen molar-refractivity contribution >= 4 is 39.9 Å². The topological polar surface area (TPSA) is 119 Å². The highest BCUT2D eigenvalue weighted by molar-refractivity contribution is 7.17. The number of aryl methyl sites for hydroxylation is 2. The number of halogens is 4. The second-order valence-electron chi connectivity index (χ2n) is 10.3. The highest BCUT2D eigenvalue weighted by atomic mass is 32.1. The Bertz CT molecular complexity index is 1430. The van der Waals surface area contributed by atoms with Crippen LogP contribution >= 0.6 is 11.3 Å². The van der Waals surface area contributed by atoms with Gasteiger partial charge in [0.1, 0.15) is 23.3 Å². The summed E-state index contributed by atoms with van der Waals surface area (Å²) in [7, 11) is 1.39. The van der Waals surface area contributed by atoms with E-state index in [-0.39, 0.29) is 30.1 Å². The number of rotatable bonds is 8. The van der Waals surface area contributed by atoms with Crippen LogP contribution in [0.15, 0.2) is 12.4 Å². The Kier molecular flexibility index (Phi) is 6.35. The van der Waals surface area contributed by atoms with Gasteiger partial charge in [0.25, 0.3) is 5.91 Å². The smallest absolute Gasteiger partial charge is 0.352 e. The third-order valence-corrected chi connectivity index (χ3v) is 8.58. The van der Waals surface area contributed by atoms with Gasteiger partial charge in [-0.3, -0.25) is 18.8 Å². The summed E-state index contributed by atoms with van der Waals surface area (Å²) in [5.41, 5.74) is 0.168. The zero-order valence-corrected chi connectivity index (χ0v) is 21.7. The number of fused-ring (bicyclic) bond motifs is 1. The molecular weight excluding hydrogens is 540 g/mol. The van der Waals surface area contributed by atoms with E-state index in [0.29, 0.717) is 42.3 Å². The van der Waals surface area contributed by atoms with Crippen molar-refractivity contribution in [1.29, 1.82) is 0 Å². The van der Waals surface area contributed by atoms with E-state index in [1.165, 1.54) is 24.7 Å². The lowest BCUT2D eigenvalue weighted by Crippen LogP contribution is -2.29. The van der Waals surface area contributed by atoms with Gasteiger partial charge in [-0.2, -0.15) is 18.3 Å². The number of nitrogens with one attached hydrogen (secondary N) is 3. The van der Waals surface area contributed by atoms with Gasteiger partial charge in [0.15, 0.2) is 5.69 Å². The maximum atomic E-state index is 13.5. The molecule has 2 fully saturated rings. The van der Waals surface area contributed by atoms with Crippen LogP contribution in [0.5, 0.6) is 0 Å². The Morgan fingerprint density at radius 1 is 1.23 bits per heavy atom. The fourth-order valence-electron chi connectivity index (χ4n) is 4.85. The van der Waals surface area contributed by atoms with E-state index in [2.05, 4.69) is 31.2 Å². The van der Waals surface area contributed by atoms with Gasteiger partial charge in [0, 0.05) is 30.6 Å². The third kappa shape index (κ3) is 5.23. The molecule has 0 bridgehead atoms. The van der Waals surface area contributed by atoms with Crippen LogP contribution < -0.4 is 16.0 Å². The minimum atomic E-state index is -4.59. The first-order chi connectivity index (χ1) is 18.6. The van der Waals surface area contributed by atoms with Crippen LogP contribution in [0.3, 0.4) is 0 Å². The summed E-state index contributed by atoms with van der Waals surface area (Å²) in [6.45, 7) is 0.555. The fourth-order valence-corrected chi connectivity index (χ4v) is 6.10. The lowest BCUT2D eigenvalue weighted by Gasteiger charge is -2.25. The number of hydrogen-bond donors (Lipinski definition) is 3. The summed E-state index contributed by atoms with van der Waals surface area (Å²) in [5, 5.41) is 20.6. The van der Waals surface area contributed by atoms with Crippen LogP contribution in [0.25, 0.3) is 0 Å². The number of hydrogen-bond acceptors (Lipinski definition) is 7. The molecule has 15 heteroatoms. The largest absolute Gasteiger partial charge is 0.435 e. The summed E-state index contributed by atoms with van der Waals surface area (Å²) < 4.78 is 55.7. The Hall–Kier alpha value is -3.49. The summed E-state index contributed by atoms with van der Waals surface area (Å²) in [4.78, 5) is 26.8. The molecule has 3 aliphatic carbocycles. The fraction of sp³-hybridized carbons (Fsp3) is 0.542. The molecule has 0 saturated heterocycles. The zero-order valence-electron chi connectivity index (χ0n) is 20.9. The van der Waals surface area contributed by atoms with E-state index >= 15 is 0 Å². The summed E-state index contributed by atoms with van der Waals surface area (Å²) in [5.74, 6) is -0.585. The van der Waals surface area contributed by atoms with Crippen LogP contribution in [0.2, 0.25) is 0 Å². The highest BCUT2D eigenvalue weighted by Crippen LogP contribution is 2.43. The van der Waals surface area contributed by atoms with Crippen LogP contribution in [0, 0.1) is 11.8 Å². The van der Waals surface area contributed by atoms with Crippen LogP contribution in [-0.2, 0) is 30.9 Å². The van der Waals surface area contributed by atoms with Crippen LogP contribution in [0.1, 0.15) is 58.2 Å². The first-order valence-electron chi connectivity index (χ1n) is 12.7. The van der Waals surface area contributed by atoms with Crippen molar-refractivity contribution in [2.45, 2.75) is 56.9 Å². The number of anilines is 3. The predicted octanol–water partition coefficient (Wildman–Crippen LogP) is 4.00. The summed E-state index contributed by atoms with van der Waals surface area (Å²) in [6, 6.07) is 0.702. The van der Waals surface area contributed by atoms with E-state index in [4.69, 9.17) is 0 Å². The third-order valence-electron chi connectivity index (χ3n) is 7.37. The zero-order chi connectivity index (χ0) is 27.5. The number of nitrogens with zero attached hydrogens (tertiary/aromatic N) is 5. The van der Waals surface area contributed by atoms with Crippen molar-refractivity contribution < 1.29 is 27.2 Å². The number of thiophene rings is 1. The molecule has 0 aromatic carbocycles. The number of carbonyl (C=O) groups excluding carboxylic acids is 2. The molecule has 3 aromatic rings. The maximum absolute atomic E-state index is 13.5. The highest BCUT2D eigenvalue weighted by Gasteiger charge is 2.44. The van der Waals surface area contributed by atoms with E-state index in [0.717, 1.165) is 34.0 Å². The van der Waals surface area contributed by atoms with Crippen LogP contribution in [-0.4, -0.2) is 49.1 Å². The van der Waals surface area contributed by atoms with Gasteiger partial charge < -0.3 is 16.0 Å². The molecule has 0 radical (unpaired) electrons. The number of aromatic nitrogens is 5. The minimum absolute atomic E-state index is 0.0972. The Balaban J connectivity index is 1.26. The number of carbonyl (C=O) groups is 2. The second kappa shape index (κ2) is 9.61. The standard InChI is InChI=1S/C24H26F4N8O2S/c1-35-18(8-17(34-35)24(26,27)28)31-23-33-30-10-36(23)12-4-5-16-14(6-12)19(21(38)29-9-11-2-3-11)22(39-16)32-20(37)13-7-15(13)25/h8,10-13,15H,2-7,9H2,1H3,(H,29,38)(H,31,33)(H,32,37)/t12-,13+,15-/m0/s1. The molecule has 0 unspecified atom stereocenters. The Morgan fingerprint density at radius 2 is 2.00 bits per heavy atom. The SMILES string of the molecule is Cn1nc(C(F)(F)F)cc1Nc1nncn1[C@H]1CCc2sc(NC(=O)[C@@H]3C[C@@H]3F)c(C(=O)NCC3CC3)c2C1. The van der Waals surface area contributed by atoms with E-state index in [9.17, 15) is 27.2 Å². The Labute approximate surface area is 224 Å². The molecular formula is C24H26F4N8O2S. The lowest BCUT2D eigenvalue weighted by atomic mass is 9.91. The molecule has 2 saturated carbocycles. The molecule has 39 heavy (non-hydrogen) atoms. The monoisotopic (exact) mass is 566 g/mol. The van der Waals surface area contributed by atoms with Crippen molar-refractivity contribution in [3.63, 3.8) is 0 Å². The molecule has 0 aliphatic heterocycles. The molecule has 3 aliphatic rings. The van der Waals surface area contributed by atoms with Gasteiger partial charge in [-0.15, -0.1) is 21.5 Å². The maximum Gasteiger partial charge on any atom is 0.435 e.